The van der Waals surface area contributed by atoms with Gasteiger partial charge in [-0.3, -0.25) is 0 Å². The zero-order valence-electron chi connectivity index (χ0n) is 12.6. The van der Waals surface area contributed by atoms with Gasteiger partial charge in [0.05, 0.1) is 11.5 Å². The van der Waals surface area contributed by atoms with Crippen LogP contribution in [0.2, 0.25) is 0 Å². The molecule has 1 aromatic rings. The van der Waals surface area contributed by atoms with Crippen molar-refractivity contribution in [2.45, 2.75) is 43.2 Å². The number of benzene rings is 1. The van der Waals surface area contributed by atoms with Crippen molar-refractivity contribution in [3.05, 3.63) is 29.8 Å². The number of hydrogen-bond donors (Lipinski definition) is 2. The summed E-state index contributed by atoms with van der Waals surface area (Å²) in [7, 11) is -1.61. The van der Waals surface area contributed by atoms with Crippen LogP contribution in [0.15, 0.2) is 29.2 Å². The van der Waals surface area contributed by atoms with E-state index in [1.54, 1.807) is 18.2 Å². The Labute approximate surface area is 127 Å². The van der Waals surface area contributed by atoms with E-state index < -0.39 is 10.0 Å². The predicted molar refractivity (Wildman–Crippen MR) is 82.7 cm³/mol. The van der Waals surface area contributed by atoms with Crippen molar-refractivity contribution < 1.29 is 13.2 Å². The number of hydrogen-bond acceptors (Lipinski definition) is 4. The monoisotopic (exact) mass is 312 g/mol. The van der Waals surface area contributed by atoms with Crippen LogP contribution >= 0.6 is 0 Å². The topological polar surface area (TPSA) is 67.4 Å². The Kier molecular flexibility index (Phi) is 5.75. The highest BCUT2D eigenvalue weighted by atomic mass is 32.2. The molecule has 0 aromatic heterocycles. The quantitative estimate of drug-likeness (QED) is 0.841. The predicted octanol–water partition coefficient (Wildman–Crippen LogP) is 1.81. The van der Waals surface area contributed by atoms with E-state index >= 15 is 0 Å². The summed E-state index contributed by atoms with van der Waals surface area (Å²) >= 11 is 0. The Morgan fingerprint density at radius 2 is 2.24 bits per heavy atom. The molecular weight excluding hydrogens is 288 g/mol. The minimum atomic E-state index is -3.49. The fourth-order valence-corrected chi connectivity index (χ4v) is 3.94. The number of ether oxygens (including phenoxy) is 1. The SMILES string of the molecule is CCC(NC)c1cccc(S(=O)(=O)NC2CCCOC2)c1. The van der Waals surface area contributed by atoms with Gasteiger partial charge < -0.3 is 10.1 Å². The maximum atomic E-state index is 12.5. The fourth-order valence-electron chi connectivity index (χ4n) is 2.63. The summed E-state index contributed by atoms with van der Waals surface area (Å²) in [6, 6.07) is 7.17. The maximum Gasteiger partial charge on any atom is 0.240 e. The lowest BCUT2D eigenvalue weighted by Gasteiger charge is -2.23. The number of sulfonamides is 1. The minimum Gasteiger partial charge on any atom is -0.380 e. The molecule has 6 heteroatoms. The zero-order chi connectivity index (χ0) is 15.3. The first-order valence-electron chi connectivity index (χ1n) is 7.44. The second-order valence-corrected chi connectivity index (χ2v) is 7.07. The van der Waals surface area contributed by atoms with E-state index in [-0.39, 0.29) is 12.1 Å². The standard InChI is InChI=1S/C15H24N2O3S/c1-3-15(16-2)12-6-4-8-14(10-12)21(18,19)17-13-7-5-9-20-11-13/h4,6,8,10,13,15-17H,3,5,7,9,11H2,1-2H3. The highest BCUT2D eigenvalue weighted by molar-refractivity contribution is 7.89. The molecule has 21 heavy (non-hydrogen) atoms. The van der Waals surface area contributed by atoms with Gasteiger partial charge in [-0.15, -0.1) is 0 Å². The molecule has 1 saturated heterocycles. The molecule has 118 valence electrons. The summed E-state index contributed by atoms with van der Waals surface area (Å²) < 4.78 is 33.0. The summed E-state index contributed by atoms with van der Waals surface area (Å²) in [5.74, 6) is 0. The van der Waals surface area contributed by atoms with E-state index in [0.717, 1.165) is 24.8 Å². The van der Waals surface area contributed by atoms with E-state index in [4.69, 9.17) is 4.74 Å². The molecule has 2 N–H and O–H groups in total. The normalized spacial score (nSPS) is 21.1. The lowest BCUT2D eigenvalue weighted by atomic mass is 10.1. The third kappa shape index (κ3) is 4.26. The van der Waals surface area contributed by atoms with E-state index in [1.165, 1.54) is 0 Å². The van der Waals surface area contributed by atoms with Crippen molar-refractivity contribution in [2.75, 3.05) is 20.3 Å². The Balaban J connectivity index is 2.17. The molecule has 5 nitrogen and oxygen atoms in total. The van der Waals surface area contributed by atoms with E-state index in [1.807, 2.05) is 13.1 Å². The van der Waals surface area contributed by atoms with Gasteiger partial charge >= 0.3 is 0 Å². The molecule has 0 spiro atoms. The second-order valence-electron chi connectivity index (χ2n) is 5.36. The third-order valence-electron chi connectivity index (χ3n) is 3.81. The molecule has 2 rings (SSSR count). The van der Waals surface area contributed by atoms with E-state index in [0.29, 0.717) is 18.1 Å². The molecule has 1 aromatic carbocycles. The smallest absolute Gasteiger partial charge is 0.240 e. The molecule has 2 unspecified atom stereocenters. The molecular formula is C15H24N2O3S. The van der Waals surface area contributed by atoms with Gasteiger partial charge in [-0.1, -0.05) is 19.1 Å². The van der Waals surface area contributed by atoms with Crippen LogP contribution in [0, 0.1) is 0 Å². The average molecular weight is 312 g/mol. The van der Waals surface area contributed by atoms with Crippen LogP contribution in [0.1, 0.15) is 37.8 Å². The van der Waals surface area contributed by atoms with Crippen molar-refractivity contribution in [1.82, 2.24) is 10.0 Å². The largest absolute Gasteiger partial charge is 0.380 e. The van der Waals surface area contributed by atoms with Gasteiger partial charge in [0.1, 0.15) is 0 Å². The van der Waals surface area contributed by atoms with E-state index in [9.17, 15) is 8.42 Å². The molecule has 0 saturated carbocycles. The lowest BCUT2D eigenvalue weighted by molar-refractivity contribution is 0.0774. The van der Waals surface area contributed by atoms with Crippen molar-refractivity contribution >= 4 is 10.0 Å². The molecule has 0 radical (unpaired) electrons. The Hall–Kier alpha value is -0.950. The molecule has 1 aliphatic heterocycles. The molecule has 1 aliphatic rings. The maximum absolute atomic E-state index is 12.5. The first-order valence-corrected chi connectivity index (χ1v) is 8.92. The van der Waals surface area contributed by atoms with Crippen molar-refractivity contribution in [3.8, 4) is 0 Å². The first-order chi connectivity index (χ1) is 10.1. The first kappa shape index (κ1) is 16.4. The zero-order valence-corrected chi connectivity index (χ0v) is 13.4. The fraction of sp³-hybridized carbons (Fsp3) is 0.600. The Bertz CT molecular complexity index is 550. The van der Waals surface area contributed by atoms with Gasteiger partial charge in [0.25, 0.3) is 0 Å². The van der Waals surface area contributed by atoms with Crippen molar-refractivity contribution in [3.63, 3.8) is 0 Å². The lowest BCUT2D eigenvalue weighted by Crippen LogP contribution is -2.40. The minimum absolute atomic E-state index is 0.126. The average Bonchev–Trinajstić information content (AvgIpc) is 2.49. The van der Waals surface area contributed by atoms with Gasteiger partial charge in [0.2, 0.25) is 10.0 Å². The Morgan fingerprint density at radius 3 is 2.86 bits per heavy atom. The summed E-state index contributed by atoms with van der Waals surface area (Å²) in [5.41, 5.74) is 0.989. The van der Waals surface area contributed by atoms with Crippen LogP contribution in [-0.2, 0) is 14.8 Å². The number of nitrogens with one attached hydrogen (secondary N) is 2. The molecule has 0 amide bonds. The van der Waals surface area contributed by atoms with Crippen LogP contribution in [0.25, 0.3) is 0 Å². The summed E-state index contributed by atoms with van der Waals surface area (Å²) in [5, 5.41) is 3.19. The van der Waals surface area contributed by atoms with E-state index in [2.05, 4.69) is 17.0 Å². The number of rotatable bonds is 6. The second kappa shape index (κ2) is 7.35. The van der Waals surface area contributed by atoms with Crippen molar-refractivity contribution in [2.24, 2.45) is 0 Å². The van der Waals surface area contributed by atoms with Crippen LogP contribution < -0.4 is 10.0 Å². The summed E-state index contributed by atoms with van der Waals surface area (Å²) in [6.07, 6.45) is 2.63. The third-order valence-corrected chi connectivity index (χ3v) is 5.33. The van der Waals surface area contributed by atoms with Crippen LogP contribution in [0.5, 0.6) is 0 Å². The summed E-state index contributed by atoms with van der Waals surface area (Å²) in [4.78, 5) is 0.319. The molecule has 1 heterocycles. The highest BCUT2D eigenvalue weighted by Crippen LogP contribution is 2.20. The molecule has 2 atom stereocenters. The van der Waals surface area contributed by atoms with Gasteiger partial charge in [0.15, 0.2) is 0 Å². The summed E-state index contributed by atoms with van der Waals surface area (Å²) in [6.45, 7) is 3.24. The van der Waals surface area contributed by atoms with Crippen LogP contribution in [0.3, 0.4) is 0 Å². The molecule has 0 aliphatic carbocycles. The molecule has 0 bridgehead atoms. The van der Waals surface area contributed by atoms with Gasteiger partial charge in [-0.2, -0.15) is 0 Å². The molecule has 1 fully saturated rings. The van der Waals surface area contributed by atoms with Crippen LogP contribution in [-0.4, -0.2) is 34.7 Å². The van der Waals surface area contributed by atoms with Gasteiger partial charge in [-0.25, -0.2) is 13.1 Å². The van der Waals surface area contributed by atoms with Gasteiger partial charge in [-0.05, 0) is 44.0 Å². The van der Waals surface area contributed by atoms with Crippen LogP contribution in [0.4, 0.5) is 0 Å². The Morgan fingerprint density at radius 1 is 1.43 bits per heavy atom. The van der Waals surface area contributed by atoms with Crippen molar-refractivity contribution in [1.29, 1.82) is 0 Å². The highest BCUT2D eigenvalue weighted by Gasteiger charge is 2.22. The van der Waals surface area contributed by atoms with Gasteiger partial charge in [0, 0.05) is 18.7 Å².